The molecule has 0 saturated carbocycles. The number of benzene rings is 2. The summed E-state index contributed by atoms with van der Waals surface area (Å²) in [5, 5.41) is 0.182. The summed E-state index contributed by atoms with van der Waals surface area (Å²) >= 11 is 1.84. The smallest absolute Gasteiger partial charge is 0.0771 e. The lowest BCUT2D eigenvalue weighted by Gasteiger charge is -2.27. The number of thioether (sulfide) groups is 1. The predicted octanol–water partition coefficient (Wildman–Crippen LogP) is 5.02. The minimum Gasteiger partial charge on any atom is -0.398 e. The molecule has 2 aromatic carbocycles. The van der Waals surface area contributed by atoms with Gasteiger partial charge in [-0.3, -0.25) is 4.99 Å². The van der Waals surface area contributed by atoms with Crippen molar-refractivity contribution < 1.29 is 0 Å². The predicted molar refractivity (Wildman–Crippen MR) is 113 cm³/mol. The fourth-order valence-electron chi connectivity index (χ4n) is 3.46. The number of anilines is 1. The number of aliphatic imine (C=N–C) groups is 1. The maximum Gasteiger partial charge on any atom is 0.0771 e. The highest BCUT2D eigenvalue weighted by atomic mass is 32.2. The van der Waals surface area contributed by atoms with Crippen molar-refractivity contribution in [1.82, 2.24) is 0 Å². The summed E-state index contributed by atoms with van der Waals surface area (Å²) in [5.74, 6) is 0. The van der Waals surface area contributed by atoms with Crippen molar-refractivity contribution in [1.29, 1.82) is 0 Å². The van der Waals surface area contributed by atoms with Crippen LogP contribution in [0.15, 0.2) is 76.3 Å². The highest BCUT2D eigenvalue weighted by molar-refractivity contribution is 8.01. The van der Waals surface area contributed by atoms with Crippen LogP contribution >= 0.6 is 11.8 Å². The molecule has 1 aliphatic carbocycles. The molecule has 3 nitrogen and oxygen atoms in total. The first-order chi connectivity index (χ1) is 12.7. The van der Waals surface area contributed by atoms with E-state index in [9.17, 15) is 0 Å². The summed E-state index contributed by atoms with van der Waals surface area (Å²) in [6.07, 6.45) is 4.28. The Hall–Kier alpha value is -2.46. The lowest BCUT2D eigenvalue weighted by Crippen LogP contribution is -2.23. The van der Waals surface area contributed by atoms with Gasteiger partial charge in [-0.25, -0.2) is 0 Å². The second-order valence-electron chi connectivity index (χ2n) is 6.45. The van der Waals surface area contributed by atoms with Crippen molar-refractivity contribution in [3.05, 3.63) is 71.9 Å². The van der Waals surface area contributed by atoms with Crippen LogP contribution < -0.4 is 10.6 Å². The second kappa shape index (κ2) is 7.04. The Morgan fingerprint density at radius 1 is 1.08 bits per heavy atom. The fraction of sp³-hybridized carbons (Fsp3) is 0.227. The van der Waals surface area contributed by atoms with Gasteiger partial charge in [-0.1, -0.05) is 30.3 Å². The number of nitrogens with zero attached hydrogens (tertiary/aromatic N) is 2. The molecule has 2 N–H and O–H groups in total. The molecule has 1 heterocycles. The van der Waals surface area contributed by atoms with Crippen LogP contribution in [0.4, 0.5) is 11.4 Å². The highest BCUT2D eigenvalue weighted by Gasteiger charge is 2.26. The molecular formula is C22H23N3S. The minimum atomic E-state index is 0.182. The van der Waals surface area contributed by atoms with Crippen molar-refractivity contribution in [2.45, 2.75) is 24.0 Å². The molecule has 0 bridgehead atoms. The molecule has 132 valence electrons. The third-order valence-electron chi connectivity index (χ3n) is 4.89. The van der Waals surface area contributed by atoms with Crippen molar-refractivity contribution in [2.24, 2.45) is 10.7 Å². The number of fused-ring (bicyclic) bond motifs is 2. The molecule has 1 aliphatic heterocycles. The van der Waals surface area contributed by atoms with Gasteiger partial charge in [0.25, 0.3) is 0 Å². The largest absolute Gasteiger partial charge is 0.398 e. The summed E-state index contributed by atoms with van der Waals surface area (Å²) in [4.78, 5) is 8.52. The first kappa shape index (κ1) is 17.0. The molecule has 0 saturated heterocycles. The highest BCUT2D eigenvalue weighted by Crippen LogP contribution is 2.43. The van der Waals surface area contributed by atoms with Crippen LogP contribution in [0.5, 0.6) is 0 Å². The normalized spacial score (nSPS) is 18.2. The molecule has 1 unspecified atom stereocenters. The van der Waals surface area contributed by atoms with Gasteiger partial charge in [0.05, 0.1) is 16.6 Å². The zero-order valence-corrected chi connectivity index (χ0v) is 16.0. The Labute approximate surface area is 159 Å². The third kappa shape index (κ3) is 3.06. The maximum atomic E-state index is 6.38. The monoisotopic (exact) mass is 361 g/mol. The molecular weight excluding hydrogens is 338 g/mol. The van der Waals surface area contributed by atoms with E-state index in [1.54, 1.807) is 0 Å². The molecule has 2 aliphatic rings. The summed E-state index contributed by atoms with van der Waals surface area (Å²) < 4.78 is 0. The standard InChI is InChI=1S/C22H23N3S/c1-3-25(4-2)16-10-11-19-21(12-16)26-22-14-18(23)17(13-20(22)24-19)15-8-6-5-7-9-15/h5-14,22H,3-4,23H2,1-2H3. The molecule has 0 fully saturated rings. The van der Waals surface area contributed by atoms with Crippen LogP contribution in [0, 0.1) is 0 Å². The lowest BCUT2D eigenvalue weighted by atomic mass is 9.95. The zero-order chi connectivity index (χ0) is 18.1. The van der Waals surface area contributed by atoms with Crippen molar-refractivity contribution in [3.8, 4) is 0 Å². The fourth-order valence-corrected chi connectivity index (χ4v) is 4.61. The molecule has 0 amide bonds. The van der Waals surface area contributed by atoms with Crippen LogP contribution in [0.2, 0.25) is 0 Å². The van der Waals surface area contributed by atoms with Crippen LogP contribution in [-0.4, -0.2) is 24.1 Å². The van der Waals surface area contributed by atoms with Gasteiger partial charge in [-0.05, 0) is 49.8 Å². The van der Waals surface area contributed by atoms with Gasteiger partial charge in [0.1, 0.15) is 0 Å². The average molecular weight is 362 g/mol. The molecule has 4 rings (SSSR count). The first-order valence-electron chi connectivity index (χ1n) is 9.08. The van der Waals surface area contributed by atoms with Crippen LogP contribution in [0.25, 0.3) is 5.57 Å². The van der Waals surface area contributed by atoms with E-state index in [0.29, 0.717) is 0 Å². The summed E-state index contributed by atoms with van der Waals surface area (Å²) in [6, 6.07) is 16.8. The topological polar surface area (TPSA) is 41.6 Å². The summed E-state index contributed by atoms with van der Waals surface area (Å²) in [5.41, 5.74) is 12.8. The lowest BCUT2D eigenvalue weighted by molar-refractivity contribution is 0.864. The van der Waals surface area contributed by atoms with E-state index in [4.69, 9.17) is 10.7 Å². The zero-order valence-electron chi connectivity index (χ0n) is 15.1. The van der Waals surface area contributed by atoms with Gasteiger partial charge in [-0.15, -0.1) is 11.8 Å². The second-order valence-corrected chi connectivity index (χ2v) is 7.63. The summed E-state index contributed by atoms with van der Waals surface area (Å²) in [7, 11) is 0. The molecule has 26 heavy (non-hydrogen) atoms. The van der Waals surface area contributed by atoms with Gasteiger partial charge < -0.3 is 10.6 Å². The summed E-state index contributed by atoms with van der Waals surface area (Å²) in [6.45, 7) is 6.39. The van der Waals surface area contributed by atoms with Gasteiger partial charge in [0.15, 0.2) is 0 Å². The van der Waals surface area contributed by atoms with Gasteiger partial charge in [0.2, 0.25) is 0 Å². The van der Waals surface area contributed by atoms with E-state index in [1.165, 1.54) is 10.6 Å². The van der Waals surface area contributed by atoms with E-state index in [2.05, 4.69) is 61.2 Å². The van der Waals surface area contributed by atoms with E-state index in [1.807, 2.05) is 30.0 Å². The molecule has 0 radical (unpaired) electrons. The maximum absolute atomic E-state index is 6.38. The number of hydrogen-bond acceptors (Lipinski definition) is 4. The molecule has 0 spiro atoms. The molecule has 1 atom stereocenters. The van der Waals surface area contributed by atoms with Crippen molar-refractivity contribution >= 4 is 34.4 Å². The first-order valence-corrected chi connectivity index (χ1v) is 9.96. The van der Waals surface area contributed by atoms with Crippen molar-refractivity contribution in [3.63, 3.8) is 0 Å². The van der Waals surface area contributed by atoms with Crippen molar-refractivity contribution in [2.75, 3.05) is 18.0 Å². The third-order valence-corrected chi connectivity index (χ3v) is 6.10. The van der Waals surface area contributed by atoms with Gasteiger partial charge in [0, 0.05) is 34.9 Å². The Balaban J connectivity index is 1.72. The molecule has 0 aromatic heterocycles. The Morgan fingerprint density at radius 3 is 2.58 bits per heavy atom. The quantitative estimate of drug-likeness (QED) is 0.831. The van der Waals surface area contributed by atoms with E-state index in [-0.39, 0.29) is 5.25 Å². The SMILES string of the molecule is CCN(CC)c1ccc2c(c1)SC1C=C(N)C(c3ccccc3)=CC1=N2. The van der Waals surface area contributed by atoms with Crippen LogP contribution in [0.3, 0.4) is 0 Å². The minimum absolute atomic E-state index is 0.182. The molecule has 2 aromatic rings. The van der Waals surface area contributed by atoms with Crippen LogP contribution in [-0.2, 0) is 0 Å². The number of nitrogens with two attached hydrogens (primary N) is 1. The Morgan fingerprint density at radius 2 is 1.85 bits per heavy atom. The Bertz CT molecular complexity index is 908. The molecule has 4 heteroatoms. The van der Waals surface area contributed by atoms with E-state index < -0.39 is 0 Å². The van der Waals surface area contributed by atoms with Gasteiger partial charge in [-0.2, -0.15) is 0 Å². The number of hydrogen-bond donors (Lipinski definition) is 1. The van der Waals surface area contributed by atoms with Gasteiger partial charge >= 0.3 is 0 Å². The van der Waals surface area contributed by atoms with E-state index >= 15 is 0 Å². The number of allylic oxidation sites excluding steroid dienone is 2. The van der Waals surface area contributed by atoms with Crippen LogP contribution in [0.1, 0.15) is 19.4 Å². The number of rotatable bonds is 4. The average Bonchev–Trinajstić information content (AvgIpc) is 2.67. The van der Waals surface area contributed by atoms with E-state index in [0.717, 1.165) is 41.3 Å². The Kier molecular flexibility index (Phi) is 4.60.